The number of alkyl halides is 2. The molecule has 0 unspecified atom stereocenters. The van der Waals surface area contributed by atoms with E-state index >= 15 is 0 Å². The van der Waals surface area contributed by atoms with Crippen molar-refractivity contribution in [3.8, 4) is 5.75 Å². The molecule has 23 heavy (non-hydrogen) atoms. The monoisotopic (exact) mass is 320 g/mol. The molecule has 0 spiro atoms. The number of hydrogen-bond donors (Lipinski definition) is 2. The van der Waals surface area contributed by atoms with Gasteiger partial charge < -0.3 is 15.4 Å². The first-order valence-electron chi connectivity index (χ1n) is 6.68. The predicted molar refractivity (Wildman–Crippen MR) is 81.8 cm³/mol. The fourth-order valence-electron chi connectivity index (χ4n) is 1.86. The first-order valence-corrected chi connectivity index (χ1v) is 6.68. The molecule has 2 amide bonds. The molecule has 0 atom stereocenters. The van der Waals surface area contributed by atoms with Gasteiger partial charge in [0.25, 0.3) is 5.91 Å². The number of hydrogen-bond acceptors (Lipinski definition) is 3. The number of rotatable bonds is 5. The summed E-state index contributed by atoms with van der Waals surface area (Å²) < 4.78 is 28.3. The van der Waals surface area contributed by atoms with Crippen LogP contribution in [0.4, 0.5) is 20.2 Å². The third kappa shape index (κ3) is 5.06. The molecule has 0 fully saturated rings. The Balaban J connectivity index is 2.05. The van der Waals surface area contributed by atoms with Crippen LogP contribution in [0.15, 0.2) is 48.5 Å². The number of halogens is 2. The largest absolute Gasteiger partial charge is 0.435 e. The molecule has 120 valence electrons. The zero-order valence-corrected chi connectivity index (χ0v) is 12.2. The van der Waals surface area contributed by atoms with Crippen molar-refractivity contribution in [1.29, 1.82) is 0 Å². The molecule has 0 heterocycles. The second kappa shape index (κ2) is 7.35. The lowest BCUT2D eigenvalue weighted by molar-refractivity contribution is -0.114. The van der Waals surface area contributed by atoms with Crippen molar-refractivity contribution in [2.75, 3.05) is 10.6 Å². The lowest BCUT2D eigenvalue weighted by Gasteiger charge is -2.09. The van der Waals surface area contributed by atoms with Crippen molar-refractivity contribution in [3.63, 3.8) is 0 Å². The average molecular weight is 320 g/mol. The number of benzene rings is 2. The lowest BCUT2D eigenvalue weighted by Crippen LogP contribution is -2.13. The SMILES string of the molecule is CC(=O)Nc1cccc(C(=O)Nc2ccc(OC(F)F)cc2)c1. The number of anilines is 2. The molecular weight excluding hydrogens is 306 g/mol. The Morgan fingerprint density at radius 1 is 1.00 bits per heavy atom. The summed E-state index contributed by atoms with van der Waals surface area (Å²) in [6.07, 6.45) is 0. The van der Waals surface area contributed by atoms with Crippen LogP contribution in [0, 0.1) is 0 Å². The van der Waals surface area contributed by atoms with Crippen LogP contribution < -0.4 is 15.4 Å². The Bertz CT molecular complexity index is 703. The van der Waals surface area contributed by atoms with E-state index in [1.54, 1.807) is 18.2 Å². The van der Waals surface area contributed by atoms with Gasteiger partial charge in [0, 0.05) is 23.9 Å². The number of nitrogens with one attached hydrogen (secondary N) is 2. The smallest absolute Gasteiger partial charge is 0.387 e. The Kier molecular flexibility index (Phi) is 5.24. The van der Waals surface area contributed by atoms with Crippen molar-refractivity contribution in [2.45, 2.75) is 13.5 Å². The van der Waals surface area contributed by atoms with Crippen molar-refractivity contribution in [3.05, 3.63) is 54.1 Å². The van der Waals surface area contributed by atoms with Gasteiger partial charge in [0.15, 0.2) is 0 Å². The normalized spacial score (nSPS) is 10.3. The van der Waals surface area contributed by atoms with E-state index in [-0.39, 0.29) is 17.6 Å². The average Bonchev–Trinajstić information content (AvgIpc) is 2.48. The van der Waals surface area contributed by atoms with Gasteiger partial charge in [-0.3, -0.25) is 9.59 Å². The molecule has 5 nitrogen and oxygen atoms in total. The maximum absolute atomic E-state index is 12.1. The summed E-state index contributed by atoms with van der Waals surface area (Å²) >= 11 is 0. The maximum Gasteiger partial charge on any atom is 0.387 e. The Hall–Kier alpha value is -2.96. The molecule has 2 aromatic rings. The molecule has 0 radical (unpaired) electrons. The highest BCUT2D eigenvalue weighted by molar-refractivity contribution is 6.05. The molecule has 7 heteroatoms. The van der Waals surface area contributed by atoms with E-state index in [1.807, 2.05) is 0 Å². The van der Waals surface area contributed by atoms with E-state index in [2.05, 4.69) is 15.4 Å². The van der Waals surface area contributed by atoms with Crippen molar-refractivity contribution in [2.24, 2.45) is 0 Å². The van der Waals surface area contributed by atoms with Crippen molar-refractivity contribution in [1.82, 2.24) is 0 Å². The van der Waals surface area contributed by atoms with Gasteiger partial charge in [-0.15, -0.1) is 0 Å². The van der Waals surface area contributed by atoms with Crippen molar-refractivity contribution >= 4 is 23.2 Å². The fraction of sp³-hybridized carbons (Fsp3) is 0.125. The highest BCUT2D eigenvalue weighted by Crippen LogP contribution is 2.19. The van der Waals surface area contributed by atoms with E-state index in [1.165, 1.54) is 37.3 Å². The number of amides is 2. The van der Waals surface area contributed by atoms with E-state index in [0.717, 1.165) is 0 Å². The summed E-state index contributed by atoms with van der Waals surface area (Å²) in [5.41, 5.74) is 1.29. The predicted octanol–water partition coefficient (Wildman–Crippen LogP) is 3.50. The van der Waals surface area contributed by atoms with Crippen LogP contribution in [0.1, 0.15) is 17.3 Å². The number of ether oxygens (including phenoxy) is 1. The Labute approximate surface area is 131 Å². The first-order chi connectivity index (χ1) is 10.9. The molecule has 0 aliphatic rings. The van der Waals surface area contributed by atoms with Crippen LogP contribution in [-0.2, 0) is 4.79 Å². The minimum Gasteiger partial charge on any atom is -0.435 e. The summed E-state index contributed by atoms with van der Waals surface area (Å²) in [6, 6.07) is 12.0. The third-order valence-electron chi connectivity index (χ3n) is 2.78. The summed E-state index contributed by atoms with van der Waals surface area (Å²) in [7, 11) is 0. The van der Waals surface area contributed by atoms with Gasteiger partial charge in [0.1, 0.15) is 5.75 Å². The summed E-state index contributed by atoms with van der Waals surface area (Å²) in [5, 5.41) is 5.21. The second-order valence-corrected chi connectivity index (χ2v) is 4.62. The van der Waals surface area contributed by atoms with Gasteiger partial charge in [-0.25, -0.2) is 0 Å². The summed E-state index contributed by atoms with van der Waals surface area (Å²) in [5.74, 6) is -0.623. The zero-order valence-electron chi connectivity index (χ0n) is 12.2. The van der Waals surface area contributed by atoms with Crippen LogP contribution in [0.5, 0.6) is 5.75 Å². The molecule has 0 aromatic heterocycles. The van der Waals surface area contributed by atoms with E-state index in [4.69, 9.17) is 0 Å². The van der Waals surface area contributed by atoms with Crippen LogP contribution in [0.3, 0.4) is 0 Å². The van der Waals surface area contributed by atoms with Crippen molar-refractivity contribution < 1.29 is 23.1 Å². The topological polar surface area (TPSA) is 67.4 Å². The van der Waals surface area contributed by atoms with Gasteiger partial charge in [-0.05, 0) is 42.5 Å². The van der Waals surface area contributed by atoms with Gasteiger partial charge >= 0.3 is 6.61 Å². The molecule has 0 saturated carbocycles. The van der Waals surface area contributed by atoms with E-state index in [9.17, 15) is 18.4 Å². The third-order valence-corrected chi connectivity index (χ3v) is 2.78. The molecule has 0 saturated heterocycles. The second-order valence-electron chi connectivity index (χ2n) is 4.62. The molecular formula is C16H14F2N2O3. The molecule has 2 rings (SSSR count). The quantitative estimate of drug-likeness (QED) is 0.886. The van der Waals surface area contributed by atoms with Gasteiger partial charge in [0.05, 0.1) is 0 Å². The Morgan fingerprint density at radius 2 is 1.70 bits per heavy atom. The lowest BCUT2D eigenvalue weighted by atomic mass is 10.2. The molecule has 0 aliphatic heterocycles. The summed E-state index contributed by atoms with van der Waals surface area (Å²) in [4.78, 5) is 23.2. The van der Waals surface area contributed by atoms with Crippen LogP contribution >= 0.6 is 0 Å². The number of carbonyl (C=O) groups excluding carboxylic acids is 2. The Morgan fingerprint density at radius 3 is 2.30 bits per heavy atom. The maximum atomic E-state index is 12.1. The van der Waals surface area contributed by atoms with Crippen LogP contribution in [0.2, 0.25) is 0 Å². The van der Waals surface area contributed by atoms with Gasteiger partial charge in [0.2, 0.25) is 5.91 Å². The van der Waals surface area contributed by atoms with Gasteiger partial charge in [-0.1, -0.05) is 6.07 Å². The number of carbonyl (C=O) groups is 2. The fourth-order valence-corrected chi connectivity index (χ4v) is 1.86. The highest BCUT2D eigenvalue weighted by atomic mass is 19.3. The molecule has 0 aliphatic carbocycles. The molecule has 2 N–H and O–H groups in total. The van der Waals surface area contributed by atoms with Crippen LogP contribution in [-0.4, -0.2) is 18.4 Å². The molecule has 0 bridgehead atoms. The minimum atomic E-state index is -2.90. The van der Waals surface area contributed by atoms with Gasteiger partial charge in [-0.2, -0.15) is 8.78 Å². The zero-order chi connectivity index (χ0) is 16.8. The highest BCUT2D eigenvalue weighted by Gasteiger charge is 2.08. The van der Waals surface area contributed by atoms with E-state index < -0.39 is 6.61 Å². The molecule has 2 aromatic carbocycles. The van der Waals surface area contributed by atoms with E-state index in [0.29, 0.717) is 16.9 Å². The standard InChI is InChI=1S/C16H14F2N2O3/c1-10(21)19-13-4-2-3-11(9-13)15(22)20-12-5-7-14(8-6-12)23-16(17)18/h2-9,16H,1H3,(H,19,21)(H,20,22). The first kappa shape index (κ1) is 16.4. The summed E-state index contributed by atoms with van der Waals surface area (Å²) in [6.45, 7) is -1.53. The van der Waals surface area contributed by atoms with Crippen LogP contribution in [0.25, 0.3) is 0 Å². The minimum absolute atomic E-state index is 0.00524.